The van der Waals surface area contributed by atoms with Crippen LogP contribution < -0.4 is 11.1 Å². The Balaban J connectivity index is 2.06. The number of nitrogens with zero attached hydrogens (tertiary/aromatic N) is 2. The van der Waals surface area contributed by atoms with Gasteiger partial charge < -0.3 is 16.0 Å². The van der Waals surface area contributed by atoms with Crippen LogP contribution in [0.4, 0.5) is 5.82 Å². The van der Waals surface area contributed by atoms with E-state index in [9.17, 15) is 0 Å². The van der Waals surface area contributed by atoms with Gasteiger partial charge in [-0.15, -0.1) is 0 Å². The maximum Gasteiger partial charge on any atom is 0.130 e. The quantitative estimate of drug-likeness (QED) is 0.767. The Morgan fingerprint density at radius 1 is 1.14 bits per heavy atom. The predicted octanol–water partition coefficient (Wildman–Crippen LogP) is 2.57. The summed E-state index contributed by atoms with van der Waals surface area (Å²) in [7, 11) is 4.16. The predicted molar refractivity (Wildman–Crippen MR) is 89.2 cm³/mol. The average Bonchev–Trinajstić information content (AvgIpc) is 2.52. The molecule has 0 saturated carbocycles. The number of nitrogens with one attached hydrogen (secondary N) is 1. The zero-order chi connectivity index (χ0) is 15.1. The molecule has 1 aromatic heterocycles. The summed E-state index contributed by atoms with van der Waals surface area (Å²) in [6.45, 7) is 2.46. The Morgan fingerprint density at radius 2 is 1.90 bits per heavy atom. The first-order chi connectivity index (χ1) is 10.2. The Morgan fingerprint density at radius 3 is 2.57 bits per heavy atom. The SMILES string of the molecule is CN(C)CCCNc1ncc(-c2ccccc2)cc1CN. The zero-order valence-electron chi connectivity index (χ0n) is 12.8. The molecule has 0 aliphatic heterocycles. The van der Waals surface area contributed by atoms with Crippen molar-refractivity contribution >= 4 is 5.82 Å². The van der Waals surface area contributed by atoms with Crippen molar-refractivity contribution in [3.63, 3.8) is 0 Å². The summed E-state index contributed by atoms with van der Waals surface area (Å²) in [6, 6.07) is 12.4. The van der Waals surface area contributed by atoms with Crippen molar-refractivity contribution in [2.45, 2.75) is 13.0 Å². The molecule has 112 valence electrons. The van der Waals surface area contributed by atoms with Gasteiger partial charge in [0.15, 0.2) is 0 Å². The standard InChI is InChI=1S/C17H24N4/c1-21(2)10-6-9-19-17-15(12-18)11-16(13-20-17)14-7-4-3-5-8-14/h3-5,7-8,11,13H,6,9-10,12,18H2,1-2H3,(H,19,20). The van der Waals surface area contributed by atoms with Gasteiger partial charge in [-0.05, 0) is 38.7 Å². The smallest absolute Gasteiger partial charge is 0.130 e. The molecular formula is C17H24N4. The summed E-state index contributed by atoms with van der Waals surface area (Å²) in [4.78, 5) is 6.72. The topological polar surface area (TPSA) is 54.2 Å². The van der Waals surface area contributed by atoms with Crippen LogP contribution >= 0.6 is 0 Å². The van der Waals surface area contributed by atoms with Gasteiger partial charge in [0.25, 0.3) is 0 Å². The van der Waals surface area contributed by atoms with Gasteiger partial charge in [0.1, 0.15) is 5.82 Å². The van der Waals surface area contributed by atoms with Crippen molar-refractivity contribution in [2.24, 2.45) is 5.73 Å². The fourth-order valence-corrected chi connectivity index (χ4v) is 2.22. The number of nitrogens with two attached hydrogens (primary N) is 1. The molecule has 0 atom stereocenters. The molecule has 0 spiro atoms. The lowest BCUT2D eigenvalue weighted by Crippen LogP contribution is -2.17. The summed E-state index contributed by atoms with van der Waals surface area (Å²) in [5, 5.41) is 3.38. The van der Waals surface area contributed by atoms with Crippen LogP contribution in [0.5, 0.6) is 0 Å². The maximum absolute atomic E-state index is 5.86. The van der Waals surface area contributed by atoms with Crippen LogP contribution in [0, 0.1) is 0 Å². The van der Waals surface area contributed by atoms with Gasteiger partial charge in [0, 0.05) is 30.4 Å². The molecule has 0 unspecified atom stereocenters. The van der Waals surface area contributed by atoms with Crippen LogP contribution in [-0.2, 0) is 6.54 Å². The first-order valence-corrected chi connectivity index (χ1v) is 7.33. The summed E-state index contributed by atoms with van der Waals surface area (Å²) in [6.07, 6.45) is 2.99. The van der Waals surface area contributed by atoms with E-state index in [1.807, 2.05) is 24.4 Å². The van der Waals surface area contributed by atoms with Crippen molar-refractivity contribution in [1.29, 1.82) is 0 Å². The van der Waals surface area contributed by atoms with Crippen molar-refractivity contribution in [3.05, 3.63) is 48.2 Å². The molecule has 2 rings (SSSR count). The van der Waals surface area contributed by atoms with E-state index in [0.717, 1.165) is 36.5 Å². The third-order valence-corrected chi connectivity index (χ3v) is 3.37. The van der Waals surface area contributed by atoms with E-state index in [4.69, 9.17) is 5.73 Å². The highest BCUT2D eigenvalue weighted by atomic mass is 15.1. The normalized spacial score (nSPS) is 10.9. The second-order valence-corrected chi connectivity index (χ2v) is 5.39. The van der Waals surface area contributed by atoms with E-state index in [2.05, 4.69) is 47.5 Å². The summed E-state index contributed by atoms with van der Waals surface area (Å²) in [5.74, 6) is 0.899. The highest BCUT2D eigenvalue weighted by Gasteiger charge is 2.05. The second-order valence-electron chi connectivity index (χ2n) is 5.39. The number of benzene rings is 1. The first kappa shape index (κ1) is 15.5. The number of aromatic nitrogens is 1. The number of rotatable bonds is 7. The Labute approximate surface area is 127 Å². The third-order valence-electron chi connectivity index (χ3n) is 3.37. The molecule has 21 heavy (non-hydrogen) atoms. The molecule has 0 aliphatic rings. The van der Waals surface area contributed by atoms with Crippen molar-refractivity contribution < 1.29 is 0 Å². The largest absolute Gasteiger partial charge is 0.370 e. The van der Waals surface area contributed by atoms with Crippen molar-refractivity contribution in [2.75, 3.05) is 32.5 Å². The summed E-state index contributed by atoms with van der Waals surface area (Å²) in [5.41, 5.74) is 9.19. The third kappa shape index (κ3) is 4.55. The minimum absolute atomic E-state index is 0.490. The molecule has 4 nitrogen and oxygen atoms in total. The average molecular weight is 284 g/mol. The van der Waals surface area contributed by atoms with Crippen LogP contribution in [0.15, 0.2) is 42.6 Å². The van der Waals surface area contributed by atoms with E-state index < -0.39 is 0 Å². The molecule has 0 radical (unpaired) electrons. The van der Waals surface area contributed by atoms with E-state index in [1.54, 1.807) is 0 Å². The van der Waals surface area contributed by atoms with Crippen LogP contribution in [0.25, 0.3) is 11.1 Å². The van der Waals surface area contributed by atoms with Gasteiger partial charge >= 0.3 is 0 Å². The molecule has 1 aromatic carbocycles. The van der Waals surface area contributed by atoms with Gasteiger partial charge in [-0.3, -0.25) is 0 Å². The molecule has 0 aliphatic carbocycles. The van der Waals surface area contributed by atoms with Gasteiger partial charge in [0.05, 0.1) is 0 Å². The summed E-state index contributed by atoms with van der Waals surface area (Å²) >= 11 is 0. The maximum atomic E-state index is 5.86. The second kappa shape index (κ2) is 7.76. The number of hydrogen-bond donors (Lipinski definition) is 2. The molecule has 2 aromatic rings. The molecule has 4 heteroatoms. The Bertz CT molecular complexity index is 552. The first-order valence-electron chi connectivity index (χ1n) is 7.33. The molecular weight excluding hydrogens is 260 g/mol. The number of anilines is 1. The van der Waals surface area contributed by atoms with Gasteiger partial charge in [-0.25, -0.2) is 4.98 Å². The van der Waals surface area contributed by atoms with E-state index in [-0.39, 0.29) is 0 Å². The fourth-order valence-electron chi connectivity index (χ4n) is 2.22. The van der Waals surface area contributed by atoms with Crippen LogP contribution in [-0.4, -0.2) is 37.1 Å². The molecule has 0 saturated heterocycles. The lowest BCUT2D eigenvalue weighted by molar-refractivity contribution is 0.405. The lowest BCUT2D eigenvalue weighted by Gasteiger charge is -2.13. The van der Waals surface area contributed by atoms with E-state index in [1.165, 1.54) is 5.56 Å². The van der Waals surface area contributed by atoms with E-state index in [0.29, 0.717) is 6.54 Å². The van der Waals surface area contributed by atoms with Gasteiger partial charge in [-0.2, -0.15) is 0 Å². The Kier molecular flexibility index (Phi) is 5.72. The lowest BCUT2D eigenvalue weighted by atomic mass is 10.1. The monoisotopic (exact) mass is 284 g/mol. The van der Waals surface area contributed by atoms with E-state index >= 15 is 0 Å². The molecule has 3 N–H and O–H groups in total. The summed E-state index contributed by atoms with van der Waals surface area (Å²) < 4.78 is 0. The minimum atomic E-state index is 0.490. The van der Waals surface area contributed by atoms with Crippen LogP contribution in [0.2, 0.25) is 0 Å². The van der Waals surface area contributed by atoms with Crippen molar-refractivity contribution in [1.82, 2.24) is 9.88 Å². The minimum Gasteiger partial charge on any atom is -0.370 e. The van der Waals surface area contributed by atoms with Crippen LogP contribution in [0.1, 0.15) is 12.0 Å². The number of hydrogen-bond acceptors (Lipinski definition) is 4. The highest BCUT2D eigenvalue weighted by Crippen LogP contribution is 2.22. The number of pyridine rings is 1. The van der Waals surface area contributed by atoms with Gasteiger partial charge in [-0.1, -0.05) is 30.3 Å². The van der Waals surface area contributed by atoms with Crippen molar-refractivity contribution in [3.8, 4) is 11.1 Å². The molecule has 0 amide bonds. The van der Waals surface area contributed by atoms with Crippen LogP contribution in [0.3, 0.4) is 0 Å². The molecule has 0 bridgehead atoms. The molecule has 0 fully saturated rings. The Hall–Kier alpha value is -1.91. The molecule has 1 heterocycles. The fraction of sp³-hybridized carbons (Fsp3) is 0.353. The highest BCUT2D eigenvalue weighted by molar-refractivity contribution is 5.65. The zero-order valence-corrected chi connectivity index (χ0v) is 12.8. The van der Waals surface area contributed by atoms with Gasteiger partial charge in [0.2, 0.25) is 0 Å².